The molecule has 0 aromatic rings. The van der Waals surface area contributed by atoms with Crippen LogP contribution in [-0.2, 0) is 14.3 Å². The van der Waals surface area contributed by atoms with Crippen molar-refractivity contribution in [2.24, 2.45) is 0 Å². The number of alkyl carbamates (subject to hydrolysis) is 1. The molecule has 5 nitrogen and oxygen atoms in total. The fourth-order valence-corrected chi connectivity index (χ4v) is 1.81. The summed E-state index contributed by atoms with van der Waals surface area (Å²) in [5.74, 6) is -0.488. The molecule has 1 N–H and O–H groups in total. The van der Waals surface area contributed by atoms with Gasteiger partial charge in [0.2, 0.25) is 6.10 Å². The first-order valence-electron chi connectivity index (χ1n) is 4.69. The van der Waals surface area contributed by atoms with Gasteiger partial charge in [0.25, 0.3) is 5.91 Å². The van der Waals surface area contributed by atoms with Crippen molar-refractivity contribution in [1.82, 2.24) is 5.32 Å². The van der Waals surface area contributed by atoms with Crippen LogP contribution in [0.15, 0.2) is 23.8 Å². The van der Waals surface area contributed by atoms with Crippen molar-refractivity contribution in [3.63, 3.8) is 0 Å². The zero-order valence-electron chi connectivity index (χ0n) is 8.53. The van der Waals surface area contributed by atoms with Crippen molar-refractivity contribution < 1.29 is 19.1 Å². The number of nitrogens with one attached hydrogen (secondary N) is 1. The van der Waals surface area contributed by atoms with Crippen LogP contribution in [0.2, 0.25) is 0 Å². The molecule has 1 fully saturated rings. The summed E-state index contributed by atoms with van der Waals surface area (Å²) in [6.07, 6.45) is 3.87. The van der Waals surface area contributed by atoms with Crippen molar-refractivity contribution in [2.75, 3.05) is 7.11 Å². The van der Waals surface area contributed by atoms with Crippen molar-refractivity contribution in [3.05, 3.63) is 23.8 Å². The standard InChI is InChI=1S/C10H10ClNO4/c1-15-10(11)4-2-3-6(5-10)7-8(13)12-9(14)16-7/h2-3,5,7H,4H2,1H3,(H,12,13,14). The highest BCUT2D eigenvalue weighted by atomic mass is 35.5. The Kier molecular flexibility index (Phi) is 2.73. The van der Waals surface area contributed by atoms with E-state index < -0.39 is 23.2 Å². The predicted molar refractivity (Wildman–Crippen MR) is 55.8 cm³/mol. The summed E-state index contributed by atoms with van der Waals surface area (Å²) >= 11 is 6.09. The number of ether oxygens (including phenoxy) is 2. The van der Waals surface area contributed by atoms with Crippen molar-refractivity contribution in [1.29, 1.82) is 0 Å². The molecule has 0 bridgehead atoms. The molecule has 0 radical (unpaired) electrons. The number of carbonyl (C=O) groups excluding carboxylic acids is 2. The van der Waals surface area contributed by atoms with Gasteiger partial charge in [-0.25, -0.2) is 4.79 Å². The number of halogens is 1. The largest absolute Gasteiger partial charge is 0.431 e. The third kappa shape index (κ3) is 1.96. The minimum absolute atomic E-state index is 0.488. The van der Waals surface area contributed by atoms with Crippen LogP contribution in [0.3, 0.4) is 0 Å². The Morgan fingerprint density at radius 3 is 2.94 bits per heavy atom. The first-order chi connectivity index (χ1) is 7.54. The van der Waals surface area contributed by atoms with E-state index in [-0.39, 0.29) is 0 Å². The molecule has 1 aliphatic carbocycles. The van der Waals surface area contributed by atoms with E-state index in [4.69, 9.17) is 21.1 Å². The zero-order chi connectivity index (χ0) is 11.8. The number of alkyl halides is 1. The molecule has 86 valence electrons. The van der Waals surface area contributed by atoms with Gasteiger partial charge in [0.1, 0.15) is 0 Å². The van der Waals surface area contributed by atoms with Gasteiger partial charge in [0.15, 0.2) is 5.06 Å². The number of methoxy groups -OCH3 is 1. The molecule has 6 heteroatoms. The molecule has 0 aromatic carbocycles. The molecule has 0 spiro atoms. The first-order valence-corrected chi connectivity index (χ1v) is 5.07. The number of hydrogen-bond donors (Lipinski definition) is 1. The fourth-order valence-electron chi connectivity index (χ4n) is 1.59. The van der Waals surface area contributed by atoms with Crippen molar-refractivity contribution >= 4 is 23.6 Å². The maximum atomic E-state index is 11.4. The van der Waals surface area contributed by atoms with E-state index in [1.807, 2.05) is 0 Å². The zero-order valence-corrected chi connectivity index (χ0v) is 9.28. The van der Waals surface area contributed by atoms with E-state index >= 15 is 0 Å². The number of cyclic esters (lactones) is 1. The summed E-state index contributed by atoms with van der Waals surface area (Å²) in [6.45, 7) is 0. The second-order valence-electron chi connectivity index (χ2n) is 3.52. The second-order valence-corrected chi connectivity index (χ2v) is 4.16. The van der Waals surface area contributed by atoms with Crippen molar-refractivity contribution in [3.8, 4) is 0 Å². The summed E-state index contributed by atoms with van der Waals surface area (Å²) < 4.78 is 9.91. The summed E-state index contributed by atoms with van der Waals surface area (Å²) in [7, 11) is 1.47. The van der Waals surface area contributed by atoms with Gasteiger partial charge in [-0.1, -0.05) is 23.8 Å². The lowest BCUT2D eigenvalue weighted by molar-refractivity contribution is -0.122. The van der Waals surface area contributed by atoms with Gasteiger partial charge in [-0.15, -0.1) is 0 Å². The lowest BCUT2D eigenvalue weighted by Crippen LogP contribution is -2.29. The summed E-state index contributed by atoms with van der Waals surface area (Å²) in [6, 6.07) is 0. The van der Waals surface area contributed by atoms with E-state index in [1.165, 1.54) is 7.11 Å². The van der Waals surface area contributed by atoms with E-state index in [9.17, 15) is 9.59 Å². The lowest BCUT2D eigenvalue weighted by atomic mass is 9.99. The van der Waals surface area contributed by atoms with Gasteiger partial charge in [-0.05, 0) is 6.08 Å². The highest BCUT2D eigenvalue weighted by molar-refractivity contribution is 6.24. The lowest BCUT2D eigenvalue weighted by Gasteiger charge is -2.25. The van der Waals surface area contributed by atoms with Crippen LogP contribution in [0.25, 0.3) is 0 Å². The molecule has 0 aromatic heterocycles. The fraction of sp³-hybridized carbons (Fsp3) is 0.400. The number of rotatable bonds is 2. The molecule has 2 amide bonds. The first kappa shape index (κ1) is 11.2. The predicted octanol–water partition coefficient (Wildman–Crippen LogP) is 1.09. The van der Waals surface area contributed by atoms with Crippen molar-refractivity contribution in [2.45, 2.75) is 17.6 Å². The van der Waals surface area contributed by atoms with Crippen LogP contribution in [0.5, 0.6) is 0 Å². The van der Waals surface area contributed by atoms with Crippen LogP contribution >= 0.6 is 11.6 Å². The summed E-state index contributed by atoms with van der Waals surface area (Å²) in [4.78, 5) is 22.2. The van der Waals surface area contributed by atoms with Gasteiger partial charge in [0.05, 0.1) is 0 Å². The van der Waals surface area contributed by atoms with Gasteiger partial charge in [-0.3, -0.25) is 10.1 Å². The monoisotopic (exact) mass is 243 g/mol. The van der Waals surface area contributed by atoms with E-state index in [1.54, 1.807) is 18.2 Å². The maximum Gasteiger partial charge on any atom is 0.415 e. The highest BCUT2D eigenvalue weighted by Gasteiger charge is 2.37. The van der Waals surface area contributed by atoms with Gasteiger partial charge < -0.3 is 9.47 Å². The molecule has 2 aliphatic rings. The Morgan fingerprint density at radius 2 is 2.38 bits per heavy atom. The Bertz CT molecular complexity index is 404. The Labute approximate surface area is 97.0 Å². The number of amides is 2. The quantitative estimate of drug-likeness (QED) is 0.738. The third-order valence-electron chi connectivity index (χ3n) is 2.42. The number of hydrogen-bond acceptors (Lipinski definition) is 4. The summed E-state index contributed by atoms with van der Waals surface area (Å²) in [5, 5.41) is 1.08. The van der Waals surface area contributed by atoms with Crippen LogP contribution in [-0.4, -0.2) is 30.3 Å². The molecule has 2 rings (SSSR count). The Balaban J connectivity index is 2.24. The maximum absolute atomic E-state index is 11.4. The number of imide groups is 1. The molecule has 1 saturated heterocycles. The van der Waals surface area contributed by atoms with Gasteiger partial charge >= 0.3 is 6.09 Å². The molecule has 2 unspecified atom stereocenters. The SMILES string of the molecule is COC1(Cl)C=C(C2OC(=O)NC2=O)C=CC1. The molecule has 1 aliphatic heterocycles. The van der Waals surface area contributed by atoms with Gasteiger partial charge in [-0.2, -0.15) is 0 Å². The Morgan fingerprint density at radius 1 is 1.62 bits per heavy atom. The molecule has 1 heterocycles. The normalized spacial score (nSPS) is 33.4. The number of carbonyl (C=O) groups is 2. The molecular weight excluding hydrogens is 234 g/mol. The average Bonchev–Trinajstić information content (AvgIpc) is 2.58. The molecule has 0 saturated carbocycles. The minimum Gasteiger partial charge on any atom is -0.431 e. The molecular formula is C10H10ClNO4. The highest BCUT2D eigenvalue weighted by Crippen LogP contribution is 2.31. The Hall–Kier alpha value is -1.33. The molecule has 2 atom stereocenters. The van der Waals surface area contributed by atoms with E-state index in [2.05, 4.69) is 5.32 Å². The molecule has 16 heavy (non-hydrogen) atoms. The minimum atomic E-state index is -0.973. The summed E-state index contributed by atoms with van der Waals surface area (Å²) in [5.41, 5.74) is 0.520. The van der Waals surface area contributed by atoms with Crippen LogP contribution in [0, 0.1) is 0 Å². The van der Waals surface area contributed by atoms with Gasteiger partial charge in [0, 0.05) is 19.1 Å². The second kappa shape index (κ2) is 3.92. The van der Waals surface area contributed by atoms with Crippen LogP contribution in [0.1, 0.15) is 6.42 Å². The van der Waals surface area contributed by atoms with Crippen LogP contribution in [0.4, 0.5) is 4.79 Å². The topological polar surface area (TPSA) is 64.6 Å². The third-order valence-corrected chi connectivity index (χ3v) is 2.84. The smallest absolute Gasteiger partial charge is 0.415 e. The average molecular weight is 244 g/mol. The van der Waals surface area contributed by atoms with E-state index in [0.717, 1.165) is 0 Å². The van der Waals surface area contributed by atoms with Crippen LogP contribution < -0.4 is 5.32 Å². The van der Waals surface area contributed by atoms with E-state index in [0.29, 0.717) is 12.0 Å².